The number of carbonyl (C=O) groups is 1. The lowest BCUT2D eigenvalue weighted by Gasteiger charge is -2.35. The molecule has 1 aromatic carbocycles. The number of amides is 1. The van der Waals surface area contributed by atoms with Crippen LogP contribution in [0.5, 0.6) is 0 Å². The molecule has 120 valence electrons. The van der Waals surface area contributed by atoms with Crippen molar-refractivity contribution < 1.29 is 9.90 Å². The van der Waals surface area contributed by atoms with E-state index in [-0.39, 0.29) is 5.91 Å². The summed E-state index contributed by atoms with van der Waals surface area (Å²) in [6.45, 7) is 3.34. The molecular formula is C17H20N4O2. The number of aliphatic hydroxyl groups is 1. The summed E-state index contributed by atoms with van der Waals surface area (Å²) in [5.41, 5.74) is 1.30. The zero-order valence-corrected chi connectivity index (χ0v) is 12.9. The number of benzene rings is 1. The summed E-state index contributed by atoms with van der Waals surface area (Å²) in [5.74, 6) is -0.0821. The van der Waals surface area contributed by atoms with Crippen molar-refractivity contribution in [3.05, 3.63) is 60.2 Å². The number of hydrogen-bond donors (Lipinski definition) is 1. The van der Waals surface area contributed by atoms with Crippen LogP contribution >= 0.6 is 0 Å². The molecule has 0 spiro atoms. The molecular weight excluding hydrogens is 292 g/mol. The third-order valence-electron chi connectivity index (χ3n) is 4.06. The van der Waals surface area contributed by atoms with Gasteiger partial charge in [0.2, 0.25) is 0 Å². The van der Waals surface area contributed by atoms with Gasteiger partial charge in [-0.1, -0.05) is 30.3 Å². The molecule has 1 amide bonds. The number of aromatic nitrogens is 2. The van der Waals surface area contributed by atoms with Crippen molar-refractivity contribution in [2.45, 2.75) is 6.10 Å². The van der Waals surface area contributed by atoms with Crippen molar-refractivity contribution in [2.24, 2.45) is 0 Å². The summed E-state index contributed by atoms with van der Waals surface area (Å²) in [7, 11) is 0. The summed E-state index contributed by atoms with van der Waals surface area (Å²) in [5, 5.41) is 10.3. The van der Waals surface area contributed by atoms with Crippen LogP contribution in [0, 0.1) is 0 Å². The minimum Gasteiger partial charge on any atom is -0.387 e. The van der Waals surface area contributed by atoms with Crippen LogP contribution in [0.25, 0.3) is 0 Å². The molecule has 3 rings (SSSR count). The summed E-state index contributed by atoms with van der Waals surface area (Å²) >= 11 is 0. The Hall–Kier alpha value is -2.31. The molecule has 1 saturated heterocycles. The van der Waals surface area contributed by atoms with Gasteiger partial charge in [0.25, 0.3) is 5.91 Å². The van der Waals surface area contributed by atoms with E-state index in [1.807, 2.05) is 30.3 Å². The standard InChI is InChI=1S/C17H20N4O2/c22-16(14-4-2-1-3-5-14)13-20-8-10-21(11-9-20)17(23)15-12-18-6-7-19-15/h1-7,12,16,22H,8-11,13H2/t16-/m1/s1. The smallest absolute Gasteiger partial charge is 0.274 e. The Morgan fingerprint density at radius 2 is 1.87 bits per heavy atom. The second-order valence-corrected chi connectivity index (χ2v) is 5.61. The first-order valence-corrected chi connectivity index (χ1v) is 7.74. The Morgan fingerprint density at radius 3 is 2.52 bits per heavy atom. The number of aliphatic hydroxyl groups excluding tert-OH is 1. The van der Waals surface area contributed by atoms with Crippen molar-refractivity contribution in [1.29, 1.82) is 0 Å². The Morgan fingerprint density at radius 1 is 1.13 bits per heavy atom. The highest BCUT2D eigenvalue weighted by Gasteiger charge is 2.24. The predicted octanol–water partition coefficient (Wildman–Crippen LogP) is 0.968. The Balaban J connectivity index is 1.52. The highest BCUT2D eigenvalue weighted by atomic mass is 16.3. The average molecular weight is 312 g/mol. The fraction of sp³-hybridized carbons (Fsp3) is 0.353. The Labute approximate surface area is 135 Å². The van der Waals surface area contributed by atoms with Gasteiger partial charge in [-0.15, -0.1) is 0 Å². The van der Waals surface area contributed by atoms with Crippen molar-refractivity contribution >= 4 is 5.91 Å². The molecule has 1 fully saturated rings. The summed E-state index contributed by atoms with van der Waals surface area (Å²) < 4.78 is 0. The van der Waals surface area contributed by atoms with Crippen LogP contribution in [-0.2, 0) is 0 Å². The average Bonchev–Trinajstić information content (AvgIpc) is 2.63. The first-order chi connectivity index (χ1) is 11.2. The number of piperazine rings is 1. The van der Waals surface area contributed by atoms with Crippen LogP contribution in [0.15, 0.2) is 48.9 Å². The first-order valence-electron chi connectivity index (χ1n) is 7.74. The molecule has 0 saturated carbocycles. The number of nitrogens with zero attached hydrogens (tertiary/aromatic N) is 4. The third-order valence-corrected chi connectivity index (χ3v) is 4.06. The van der Waals surface area contributed by atoms with Crippen molar-refractivity contribution in [3.8, 4) is 0 Å². The Bertz CT molecular complexity index is 628. The fourth-order valence-electron chi connectivity index (χ4n) is 2.73. The molecule has 23 heavy (non-hydrogen) atoms. The minimum absolute atomic E-state index is 0.0821. The van der Waals surface area contributed by atoms with Gasteiger partial charge >= 0.3 is 0 Å². The molecule has 0 unspecified atom stereocenters. The highest BCUT2D eigenvalue weighted by molar-refractivity contribution is 5.92. The van der Waals surface area contributed by atoms with E-state index < -0.39 is 6.10 Å². The summed E-state index contributed by atoms with van der Waals surface area (Å²) in [6, 6.07) is 9.65. The van der Waals surface area contributed by atoms with Gasteiger partial charge in [0.15, 0.2) is 0 Å². The number of β-amino-alcohol motifs (C(OH)–C–C–N with tert-alkyl or cyclic N) is 1. The minimum atomic E-state index is -0.501. The lowest BCUT2D eigenvalue weighted by molar-refractivity contribution is 0.0522. The topological polar surface area (TPSA) is 69.6 Å². The molecule has 0 bridgehead atoms. The molecule has 6 heteroatoms. The molecule has 1 aliphatic heterocycles. The van der Waals surface area contributed by atoms with Gasteiger partial charge in [0.05, 0.1) is 12.3 Å². The molecule has 1 N–H and O–H groups in total. The SMILES string of the molecule is O=C(c1cnccn1)N1CCN(C[C@@H](O)c2ccccc2)CC1. The van der Waals surface area contributed by atoms with Crippen LogP contribution < -0.4 is 0 Å². The second-order valence-electron chi connectivity index (χ2n) is 5.61. The second kappa shape index (κ2) is 7.30. The van der Waals surface area contributed by atoms with Gasteiger partial charge in [-0.2, -0.15) is 0 Å². The van der Waals surface area contributed by atoms with E-state index in [9.17, 15) is 9.90 Å². The summed E-state index contributed by atoms with van der Waals surface area (Å²) in [4.78, 5) is 24.3. The van der Waals surface area contributed by atoms with E-state index in [2.05, 4.69) is 14.9 Å². The van der Waals surface area contributed by atoms with Crippen molar-refractivity contribution in [2.75, 3.05) is 32.7 Å². The van der Waals surface area contributed by atoms with Gasteiger partial charge in [-0.3, -0.25) is 14.7 Å². The van der Waals surface area contributed by atoms with Crippen LogP contribution in [-0.4, -0.2) is 63.5 Å². The molecule has 1 atom stereocenters. The number of hydrogen-bond acceptors (Lipinski definition) is 5. The van der Waals surface area contributed by atoms with E-state index in [0.717, 1.165) is 18.7 Å². The normalized spacial score (nSPS) is 17.0. The van der Waals surface area contributed by atoms with E-state index in [1.165, 1.54) is 12.4 Å². The highest BCUT2D eigenvalue weighted by Crippen LogP contribution is 2.15. The van der Waals surface area contributed by atoms with Gasteiger partial charge in [-0.05, 0) is 5.56 Å². The van der Waals surface area contributed by atoms with Crippen molar-refractivity contribution in [3.63, 3.8) is 0 Å². The van der Waals surface area contributed by atoms with Crippen LogP contribution in [0.4, 0.5) is 0 Å². The molecule has 6 nitrogen and oxygen atoms in total. The van der Waals surface area contributed by atoms with Gasteiger partial charge < -0.3 is 10.0 Å². The Kier molecular flexibility index (Phi) is 4.95. The monoisotopic (exact) mass is 312 g/mol. The number of rotatable bonds is 4. The third kappa shape index (κ3) is 3.91. The van der Waals surface area contributed by atoms with Gasteiger partial charge in [0.1, 0.15) is 5.69 Å². The van der Waals surface area contributed by atoms with Gasteiger partial charge in [-0.25, -0.2) is 4.98 Å². The van der Waals surface area contributed by atoms with Crippen LogP contribution in [0.1, 0.15) is 22.2 Å². The lowest BCUT2D eigenvalue weighted by atomic mass is 10.1. The molecule has 1 aromatic heterocycles. The maximum absolute atomic E-state index is 12.3. The molecule has 0 aliphatic carbocycles. The van der Waals surface area contributed by atoms with Gasteiger partial charge in [0, 0.05) is 45.1 Å². The van der Waals surface area contributed by atoms with Crippen molar-refractivity contribution in [1.82, 2.24) is 19.8 Å². The zero-order valence-electron chi connectivity index (χ0n) is 12.9. The van der Waals surface area contributed by atoms with E-state index >= 15 is 0 Å². The van der Waals surface area contributed by atoms with E-state index in [4.69, 9.17) is 0 Å². The summed E-state index contributed by atoms with van der Waals surface area (Å²) in [6.07, 6.45) is 4.08. The zero-order chi connectivity index (χ0) is 16.1. The van der Waals surface area contributed by atoms with E-state index in [0.29, 0.717) is 25.3 Å². The molecule has 2 aromatic rings. The predicted molar refractivity (Wildman–Crippen MR) is 85.8 cm³/mol. The van der Waals surface area contributed by atoms with Crippen LogP contribution in [0.2, 0.25) is 0 Å². The maximum atomic E-state index is 12.3. The first kappa shape index (κ1) is 15.6. The maximum Gasteiger partial charge on any atom is 0.274 e. The quantitative estimate of drug-likeness (QED) is 0.911. The van der Waals surface area contributed by atoms with E-state index in [1.54, 1.807) is 11.1 Å². The molecule has 2 heterocycles. The fourth-order valence-corrected chi connectivity index (χ4v) is 2.73. The van der Waals surface area contributed by atoms with Crippen LogP contribution in [0.3, 0.4) is 0 Å². The molecule has 1 aliphatic rings. The lowest BCUT2D eigenvalue weighted by Crippen LogP contribution is -2.49. The molecule has 0 radical (unpaired) electrons. The number of carbonyl (C=O) groups excluding carboxylic acids is 1. The largest absolute Gasteiger partial charge is 0.387 e.